The van der Waals surface area contributed by atoms with E-state index in [0.717, 1.165) is 5.56 Å². The highest BCUT2D eigenvalue weighted by Gasteiger charge is 2.31. The maximum absolute atomic E-state index is 11.6. The van der Waals surface area contributed by atoms with Gasteiger partial charge in [-0.05, 0) is 36.0 Å². The molecular weight excluding hydrogens is 336 g/mol. The second kappa shape index (κ2) is 8.73. The van der Waals surface area contributed by atoms with Crippen molar-refractivity contribution in [2.24, 2.45) is 16.7 Å². The zero-order valence-corrected chi connectivity index (χ0v) is 16.3. The number of phenolic OH excluding ortho intramolecular Hbond substituents is 1. The van der Waals surface area contributed by atoms with Crippen LogP contribution in [0.3, 0.4) is 0 Å². The van der Waals surface area contributed by atoms with Gasteiger partial charge in [0.2, 0.25) is 0 Å². The van der Waals surface area contributed by atoms with Gasteiger partial charge >= 0.3 is 5.97 Å². The number of aliphatic carboxylic acids is 1. The normalized spacial score (nSPS) is 14.7. The molecule has 4 N–H and O–H groups in total. The van der Waals surface area contributed by atoms with Gasteiger partial charge in [0.05, 0.1) is 25.2 Å². The molecule has 0 saturated heterocycles. The SMILES string of the molecule is CC(C)(COc1cc(CC(C(=O)O)C(C)(C)C)ccc1O)CC(O)CO. The van der Waals surface area contributed by atoms with E-state index in [1.807, 2.05) is 34.6 Å². The molecule has 2 unspecified atom stereocenters. The predicted octanol–water partition coefficient (Wildman–Crippen LogP) is 2.83. The first kappa shape index (κ1) is 22.3. The number of carboxylic acids is 1. The number of hydrogen-bond acceptors (Lipinski definition) is 5. The summed E-state index contributed by atoms with van der Waals surface area (Å²) >= 11 is 0. The number of benzene rings is 1. The Morgan fingerprint density at radius 1 is 1.19 bits per heavy atom. The fourth-order valence-electron chi connectivity index (χ4n) is 2.84. The summed E-state index contributed by atoms with van der Waals surface area (Å²) in [6.07, 6.45) is -0.131. The van der Waals surface area contributed by atoms with Gasteiger partial charge in [-0.25, -0.2) is 0 Å². The van der Waals surface area contributed by atoms with E-state index in [1.165, 1.54) is 6.07 Å². The molecule has 0 aromatic heterocycles. The molecule has 1 aromatic carbocycles. The molecular formula is C20H32O6. The fourth-order valence-corrected chi connectivity index (χ4v) is 2.84. The van der Waals surface area contributed by atoms with Crippen LogP contribution in [0.5, 0.6) is 11.5 Å². The van der Waals surface area contributed by atoms with Crippen LogP contribution in [0.15, 0.2) is 18.2 Å². The van der Waals surface area contributed by atoms with Crippen LogP contribution in [0, 0.1) is 16.7 Å². The molecule has 0 amide bonds. The molecule has 0 heterocycles. The van der Waals surface area contributed by atoms with Crippen LogP contribution in [0.4, 0.5) is 0 Å². The van der Waals surface area contributed by atoms with Gasteiger partial charge in [-0.1, -0.05) is 40.7 Å². The molecule has 148 valence electrons. The van der Waals surface area contributed by atoms with E-state index in [4.69, 9.17) is 9.84 Å². The third-order valence-corrected chi connectivity index (χ3v) is 4.42. The van der Waals surface area contributed by atoms with Gasteiger partial charge in [0.25, 0.3) is 0 Å². The van der Waals surface area contributed by atoms with Crippen molar-refractivity contribution in [3.8, 4) is 11.5 Å². The van der Waals surface area contributed by atoms with Crippen molar-refractivity contribution in [3.63, 3.8) is 0 Å². The summed E-state index contributed by atoms with van der Waals surface area (Å²) in [4.78, 5) is 11.6. The number of carbonyl (C=O) groups is 1. The number of aliphatic hydroxyl groups is 2. The Bertz CT molecular complexity index is 603. The minimum Gasteiger partial charge on any atom is -0.504 e. The summed E-state index contributed by atoms with van der Waals surface area (Å²) in [6.45, 7) is 9.38. The summed E-state index contributed by atoms with van der Waals surface area (Å²) in [6, 6.07) is 4.86. The highest BCUT2D eigenvalue weighted by Crippen LogP contribution is 2.34. The molecule has 0 aliphatic carbocycles. The molecule has 0 spiro atoms. The van der Waals surface area contributed by atoms with Gasteiger partial charge in [-0.2, -0.15) is 0 Å². The van der Waals surface area contributed by atoms with Crippen molar-refractivity contribution >= 4 is 5.97 Å². The minimum atomic E-state index is -0.854. The third-order valence-electron chi connectivity index (χ3n) is 4.42. The molecule has 6 nitrogen and oxygen atoms in total. The Hall–Kier alpha value is -1.79. The molecule has 0 radical (unpaired) electrons. The van der Waals surface area contributed by atoms with E-state index in [1.54, 1.807) is 12.1 Å². The van der Waals surface area contributed by atoms with E-state index >= 15 is 0 Å². The predicted molar refractivity (Wildman–Crippen MR) is 99.4 cm³/mol. The van der Waals surface area contributed by atoms with Gasteiger partial charge in [-0.15, -0.1) is 0 Å². The Morgan fingerprint density at radius 3 is 2.31 bits per heavy atom. The molecule has 6 heteroatoms. The largest absolute Gasteiger partial charge is 0.504 e. The smallest absolute Gasteiger partial charge is 0.307 e. The minimum absolute atomic E-state index is 0.0186. The van der Waals surface area contributed by atoms with E-state index in [2.05, 4.69) is 0 Å². The average Bonchev–Trinajstić information content (AvgIpc) is 2.50. The molecule has 0 fully saturated rings. The summed E-state index contributed by atoms with van der Waals surface area (Å²) in [7, 11) is 0. The lowest BCUT2D eigenvalue weighted by atomic mass is 9.77. The van der Waals surface area contributed by atoms with Crippen molar-refractivity contribution in [3.05, 3.63) is 23.8 Å². The third kappa shape index (κ3) is 6.84. The lowest BCUT2D eigenvalue weighted by Crippen LogP contribution is -2.30. The first-order valence-electron chi connectivity index (χ1n) is 8.82. The van der Waals surface area contributed by atoms with Gasteiger partial charge in [-0.3, -0.25) is 4.79 Å². The van der Waals surface area contributed by atoms with Crippen molar-refractivity contribution in [2.75, 3.05) is 13.2 Å². The van der Waals surface area contributed by atoms with E-state index in [9.17, 15) is 20.1 Å². The quantitative estimate of drug-likeness (QED) is 0.534. The van der Waals surface area contributed by atoms with Crippen LogP contribution in [-0.2, 0) is 11.2 Å². The number of rotatable bonds is 9. The van der Waals surface area contributed by atoms with Crippen molar-refractivity contribution < 1.29 is 30.0 Å². The van der Waals surface area contributed by atoms with Crippen LogP contribution < -0.4 is 4.74 Å². The summed E-state index contributed by atoms with van der Waals surface area (Å²) in [5.41, 5.74) is -0.0272. The van der Waals surface area contributed by atoms with Crippen LogP contribution in [0.25, 0.3) is 0 Å². The summed E-state index contributed by atoms with van der Waals surface area (Å²) in [5.74, 6) is -1.15. The van der Waals surface area contributed by atoms with Crippen molar-refractivity contribution in [1.82, 2.24) is 0 Å². The van der Waals surface area contributed by atoms with Gasteiger partial charge < -0.3 is 25.2 Å². The zero-order chi connectivity index (χ0) is 20.1. The first-order chi connectivity index (χ1) is 11.9. The van der Waals surface area contributed by atoms with Crippen LogP contribution in [0.1, 0.15) is 46.6 Å². The Balaban J connectivity index is 2.89. The second-order valence-electron chi connectivity index (χ2n) is 8.76. The molecule has 1 aromatic rings. The Morgan fingerprint density at radius 2 is 1.81 bits per heavy atom. The molecule has 0 aliphatic heterocycles. The maximum atomic E-state index is 11.6. The van der Waals surface area contributed by atoms with Crippen LogP contribution in [0.2, 0.25) is 0 Å². The second-order valence-corrected chi connectivity index (χ2v) is 8.76. The summed E-state index contributed by atoms with van der Waals surface area (Å²) in [5, 5.41) is 38.1. The van der Waals surface area contributed by atoms with Crippen molar-refractivity contribution in [1.29, 1.82) is 0 Å². The first-order valence-corrected chi connectivity index (χ1v) is 8.82. The lowest BCUT2D eigenvalue weighted by Gasteiger charge is -2.28. The number of ether oxygens (including phenoxy) is 1. The highest BCUT2D eigenvalue weighted by molar-refractivity contribution is 5.71. The molecule has 0 saturated carbocycles. The number of aromatic hydroxyl groups is 1. The van der Waals surface area contributed by atoms with Crippen molar-refractivity contribution in [2.45, 2.75) is 53.6 Å². The number of aliphatic hydroxyl groups excluding tert-OH is 2. The van der Waals surface area contributed by atoms with E-state index in [-0.39, 0.29) is 24.7 Å². The zero-order valence-electron chi connectivity index (χ0n) is 16.3. The number of hydrogen-bond donors (Lipinski definition) is 4. The monoisotopic (exact) mass is 368 g/mol. The van der Waals surface area contributed by atoms with E-state index < -0.39 is 28.8 Å². The number of carboxylic acid groups (broad SMARTS) is 1. The maximum Gasteiger partial charge on any atom is 0.307 e. The molecule has 26 heavy (non-hydrogen) atoms. The highest BCUT2D eigenvalue weighted by atomic mass is 16.5. The average molecular weight is 368 g/mol. The molecule has 0 aliphatic rings. The molecule has 2 atom stereocenters. The van der Waals surface area contributed by atoms with Gasteiger partial charge in [0.15, 0.2) is 11.5 Å². The summed E-state index contributed by atoms with van der Waals surface area (Å²) < 4.78 is 5.73. The van der Waals surface area contributed by atoms with Gasteiger partial charge in [0.1, 0.15) is 0 Å². The topological polar surface area (TPSA) is 107 Å². The molecule has 1 rings (SSSR count). The van der Waals surface area contributed by atoms with Crippen LogP contribution >= 0.6 is 0 Å². The lowest BCUT2D eigenvalue weighted by molar-refractivity contribution is -0.145. The van der Waals surface area contributed by atoms with Crippen LogP contribution in [-0.4, -0.2) is 45.7 Å². The number of phenols is 1. The molecule has 0 bridgehead atoms. The fraction of sp³-hybridized carbons (Fsp3) is 0.650. The van der Waals surface area contributed by atoms with E-state index in [0.29, 0.717) is 12.8 Å². The Kier molecular flexibility index (Phi) is 7.47. The van der Waals surface area contributed by atoms with Gasteiger partial charge in [0, 0.05) is 5.41 Å². The standard InChI is InChI=1S/C20H32O6/c1-19(2,3)15(18(24)25)8-13-6-7-16(23)17(9-13)26-12-20(4,5)10-14(22)11-21/h6-7,9,14-15,21-23H,8,10-12H2,1-5H3,(H,24,25). The Labute approximate surface area is 155 Å².